The van der Waals surface area contributed by atoms with Crippen molar-refractivity contribution in [1.29, 1.82) is 0 Å². The molecule has 0 unspecified atom stereocenters. The van der Waals surface area contributed by atoms with Gasteiger partial charge in [0.15, 0.2) is 0 Å². The fourth-order valence-corrected chi connectivity index (χ4v) is 2.31. The van der Waals surface area contributed by atoms with E-state index in [1.54, 1.807) is 8.05 Å². The van der Waals surface area contributed by atoms with E-state index in [1.165, 1.54) is 11.1 Å². The van der Waals surface area contributed by atoms with E-state index in [4.69, 9.17) is 9.31 Å². The van der Waals surface area contributed by atoms with E-state index in [-0.39, 0.29) is 5.41 Å². The zero-order valence-electron chi connectivity index (χ0n) is 12.6. The van der Waals surface area contributed by atoms with Crippen LogP contribution in [-0.2, 0) is 5.41 Å². The quantitative estimate of drug-likeness (QED) is 0.774. The van der Waals surface area contributed by atoms with Crippen LogP contribution in [0.15, 0.2) is 48.5 Å². The first kappa shape index (κ1) is 14.6. The Hall–Kier alpha value is -1.83. The summed E-state index contributed by atoms with van der Waals surface area (Å²) in [4.78, 5) is 0. The van der Waals surface area contributed by atoms with Crippen LogP contribution in [0.1, 0.15) is 25.0 Å². The molecule has 0 aromatic heterocycles. The van der Waals surface area contributed by atoms with Crippen molar-refractivity contribution in [2.75, 3.05) is 0 Å². The van der Waals surface area contributed by atoms with Gasteiger partial charge in [0.25, 0.3) is 0 Å². The second-order valence-corrected chi connectivity index (χ2v) is 5.31. The Balaban J connectivity index is 2.27. The van der Waals surface area contributed by atoms with Crippen molar-refractivity contribution in [3.8, 4) is 11.5 Å². The van der Waals surface area contributed by atoms with Crippen molar-refractivity contribution in [2.45, 2.75) is 26.1 Å². The number of benzene rings is 2. The van der Waals surface area contributed by atoms with Gasteiger partial charge in [-0.15, -0.1) is 0 Å². The highest BCUT2D eigenvalue weighted by Gasteiger charge is 2.22. The van der Waals surface area contributed by atoms with Crippen molar-refractivity contribution in [1.82, 2.24) is 0 Å². The van der Waals surface area contributed by atoms with Gasteiger partial charge < -0.3 is 9.31 Å². The van der Waals surface area contributed by atoms with Crippen LogP contribution in [0, 0.1) is 0 Å². The summed E-state index contributed by atoms with van der Waals surface area (Å²) in [6, 6.07) is 16.6. The lowest BCUT2D eigenvalue weighted by Crippen LogP contribution is -2.18. The summed E-state index contributed by atoms with van der Waals surface area (Å²) < 4.78 is 10.7. The van der Waals surface area contributed by atoms with Gasteiger partial charge in [-0.3, -0.25) is 0 Å². The first-order valence-electron chi connectivity index (χ1n) is 6.96. The van der Waals surface area contributed by atoms with Crippen LogP contribution in [-0.4, -0.2) is 15.5 Å². The molecule has 0 amide bonds. The van der Waals surface area contributed by atoms with Crippen LogP contribution >= 0.6 is 0 Å². The second-order valence-electron chi connectivity index (χ2n) is 5.31. The maximum atomic E-state index is 5.49. The lowest BCUT2D eigenvalue weighted by molar-refractivity contribution is 0.594. The van der Waals surface area contributed by atoms with E-state index in [0.717, 1.165) is 11.5 Å². The SMILES string of the molecule is BOc1ccc(C(C)(C)c2ccc(OBC)cc2)cc1. The number of hydrogen-bond donors (Lipinski definition) is 0. The molecule has 20 heavy (non-hydrogen) atoms. The van der Waals surface area contributed by atoms with Gasteiger partial charge in [-0.05, 0) is 35.4 Å². The highest BCUT2D eigenvalue weighted by molar-refractivity contribution is 6.26. The topological polar surface area (TPSA) is 18.5 Å². The number of rotatable bonds is 5. The van der Waals surface area contributed by atoms with E-state index in [9.17, 15) is 0 Å². The lowest BCUT2D eigenvalue weighted by Gasteiger charge is -2.26. The Bertz CT molecular complexity index is 548. The summed E-state index contributed by atoms with van der Waals surface area (Å²) in [5, 5.41) is 0. The summed E-state index contributed by atoms with van der Waals surface area (Å²) >= 11 is 0. The zero-order valence-corrected chi connectivity index (χ0v) is 12.6. The Kier molecular flexibility index (Phi) is 4.43. The molecular formula is C16H20B2O2. The molecule has 0 heterocycles. The third kappa shape index (κ3) is 3.01. The average Bonchev–Trinajstić information content (AvgIpc) is 2.48. The fraction of sp³-hybridized carbons (Fsp3) is 0.250. The summed E-state index contributed by atoms with van der Waals surface area (Å²) in [5.74, 6) is 1.80. The fourth-order valence-electron chi connectivity index (χ4n) is 2.31. The highest BCUT2D eigenvalue weighted by atomic mass is 16.4. The first-order chi connectivity index (χ1) is 9.57. The van der Waals surface area contributed by atoms with Crippen LogP contribution in [0.2, 0.25) is 6.82 Å². The smallest absolute Gasteiger partial charge is 0.336 e. The minimum Gasteiger partial charge on any atom is -0.568 e. The van der Waals surface area contributed by atoms with Gasteiger partial charge in [0.2, 0.25) is 0 Å². The predicted molar refractivity (Wildman–Crippen MR) is 87.8 cm³/mol. The molecule has 0 fully saturated rings. The molecule has 2 aromatic rings. The minimum atomic E-state index is -0.0446. The molecule has 0 bridgehead atoms. The molecule has 0 atom stereocenters. The summed E-state index contributed by atoms with van der Waals surface area (Å²) in [6.45, 7) is 6.45. The Labute approximate surface area is 122 Å². The molecule has 0 aliphatic heterocycles. The van der Waals surface area contributed by atoms with Crippen molar-refractivity contribution in [2.24, 2.45) is 0 Å². The molecule has 2 nitrogen and oxygen atoms in total. The Morgan fingerprint density at radius 2 is 1.30 bits per heavy atom. The molecule has 0 spiro atoms. The Morgan fingerprint density at radius 3 is 1.70 bits per heavy atom. The van der Waals surface area contributed by atoms with E-state index < -0.39 is 0 Å². The molecule has 2 aromatic carbocycles. The monoisotopic (exact) mass is 266 g/mol. The highest BCUT2D eigenvalue weighted by Crippen LogP contribution is 2.33. The maximum Gasteiger partial charge on any atom is 0.336 e. The summed E-state index contributed by atoms with van der Waals surface area (Å²) in [6.07, 6.45) is 0. The van der Waals surface area contributed by atoms with Gasteiger partial charge in [-0.2, -0.15) is 0 Å². The molecule has 0 saturated heterocycles. The molecule has 0 aliphatic carbocycles. The van der Waals surface area contributed by atoms with E-state index in [2.05, 4.69) is 38.1 Å². The van der Waals surface area contributed by atoms with Crippen LogP contribution in [0.25, 0.3) is 0 Å². The molecule has 0 saturated carbocycles. The van der Waals surface area contributed by atoms with Crippen molar-refractivity contribution >= 4 is 15.5 Å². The first-order valence-corrected chi connectivity index (χ1v) is 6.96. The van der Waals surface area contributed by atoms with Gasteiger partial charge in [0.1, 0.15) is 0 Å². The molecule has 0 aliphatic rings. The van der Waals surface area contributed by atoms with Crippen LogP contribution in [0.5, 0.6) is 11.5 Å². The third-order valence-corrected chi connectivity index (χ3v) is 3.70. The third-order valence-electron chi connectivity index (χ3n) is 3.70. The lowest BCUT2D eigenvalue weighted by atomic mass is 9.78. The second kappa shape index (κ2) is 6.08. The largest absolute Gasteiger partial charge is 0.568 e. The molecule has 2 rings (SSSR count). The minimum absolute atomic E-state index is 0.0446. The van der Waals surface area contributed by atoms with Crippen molar-refractivity contribution in [3.63, 3.8) is 0 Å². The van der Waals surface area contributed by atoms with Crippen LogP contribution < -0.4 is 9.31 Å². The Morgan fingerprint density at radius 1 is 0.850 bits per heavy atom. The maximum absolute atomic E-state index is 5.49. The van der Waals surface area contributed by atoms with Gasteiger partial charge in [-0.1, -0.05) is 44.9 Å². The van der Waals surface area contributed by atoms with Gasteiger partial charge >= 0.3 is 15.5 Å². The molecule has 0 N–H and O–H groups in total. The zero-order chi connectivity index (χ0) is 14.6. The molecular weight excluding hydrogens is 246 g/mol. The van der Waals surface area contributed by atoms with E-state index >= 15 is 0 Å². The van der Waals surface area contributed by atoms with Crippen LogP contribution in [0.4, 0.5) is 0 Å². The predicted octanol–water partition coefficient (Wildman–Crippen LogP) is 2.72. The van der Waals surface area contributed by atoms with E-state index in [0.29, 0.717) is 7.48 Å². The standard InChI is InChI=1S/C16H20B2O2/c1-16(2,12-4-8-14(19-17)9-5-12)13-6-10-15(11-7-13)20-18-3/h4-11,18H,17H2,1-3H3. The van der Waals surface area contributed by atoms with Gasteiger partial charge in [-0.25, -0.2) is 0 Å². The molecule has 102 valence electrons. The molecule has 4 heteroatoms. The summed E-state index contributed by atoms with van der Waals surface area (Å²) in [7, 11) is 2.38. The van der Waals surface area contributed by atoms with Crippen LogP contribution in [0.3, 0.4) is 0 Å². The van der Waals surface area contributed by atoms with Crippen molar-refractivity contribution in [3.05, 3.63) is 59.7 Å². The number of hydrogen-bond acceptors (Lipinski definition) is 2. The van der Waals surface area contributed by atoms with Gasteiger partial charge in [0, 0.05) is 5.41 Å². The van der Waals surface area contributed by atoms with E-state index in [1.807, 2.05) is 31.1 Å². The summed E-state index contributed by atoms with van der Waals surface area (Å²) in [5.41, 5.74) is 2.49. The molecule has 0 radical (unpaired) electrons. The van der Waals surface area contributed by atoms with Crippen molar-refractivity contribution < 1.29 is 9.31 Å². The normalized spacial score (nSPS) is 10.9. The van der Waals surface area contributed by atoms with Gasteiger partial charge in [0.05, 0.1) is 11.5 Å². The average molecular weight is 266 g/mol.